The van der Waals surface area contributed by atoms with Crippen molar-refractivity contribution in [3.05, 3.63) is 51.7 Å². The van der Waals surface area contributed by atoms with Crippen LogP contribution in [0.3, 0.4) is 0 Å². The van der Waals surface area contributed by atoms with Crippen LogP contribution in [-0.2, 0) is 21.5 Å². The minimum Gasteiger partial charge on any atom is -0.483 e. The molecular formula is C28H37N5O5S2. The third-order valence-corrected chi connectivity index (χ3v) is 8.15. The predicted octanol–water partition coefficient (Wildman–Crippen LogP) is 5.50. The number of primary amides is 1. The topological polar surface area (TPSA) is 138 Å². The summed E-state index contributed by atoms with van der Waals surface area (Å²) in [5, 5.41) is 12.1. The fourth-order valence-electron chi connectivity index (χ4n) is 3.94. The van der Waals surface area contributed by atoms with Crippen molar-refractivity contribution in [3.8, 4) is 5.75 Å². The van der Waals surface area contributed by atoms with Crippen molar-refractivity contribution in [2.75, 3.05) is 11.1 Å². The molecule has 2 heterocycles. The number of rotatable bonds is 11. The van der Waals surface area contributed by atoms with Crippen LogP contribution >= 0.6 is 23.1 Å². The van der Waals surface area contributed by atoms with Gasteiger partial charge in [-0.15, -0.1) is 21.5 Å². The van der Waals surface area contributed by atoms with Crippen LogP contribution in [0.25, 0.3) is 0 Å². The molecule has 1 atom stereocenters. The number of thiophene rings is 1. The Hall–Kier alpha value is -3.38. The Labute approximate surface area is 243 Å². The lowest BCUT2D eigenvalue weighted by molar-refractivity contribution is -0.113. The van der Waals surface area contributed by atoms with E-state index in [0.29, 0.717) is 23.1 Å². The van der Waals surface area contributed by atoms with E-state index in [4.69, 9.17) is 15.2 Å². The number of anilines is 1. The Morgan fingerprint density at radius 1 is 1.12 bits per heavy atom. The van der Waals surface area contributed by atoms with E-state index in [1.165, 1.54) is 17.3 Å². The molecule has 0 bridgehead atoms. The molecule has 10 nitrogen and oxygen atoms in total. The van der Waals surface area contributed by atoms with Crippen LogP contribution in [0, 0.1) is 6.92 Å². The second-order valence-electron chi connectivity index (χ2n) is 10.5. The number of thioether (sulfide) groups is 1. The van der Waals surface area contributed by atoms with Gasteiger partial charge in [0.2, 0.25) is 5.91 Å². The first-order valence-corrected chi connectivity index (χ1v) is 14.8. The van der Waals surface area contributed by atoms with Crippen LogP contribution in [-0.4, -0.2) is 44.4 Å². The van der Waals surface area contributed by atoms with Crippen molar-refractivity contribution in [3.63, 3.8) is 0 Å². The van der Waals surface area contributed by atoms with E-state index in [2.05, 4.69) is 48.4 Å². The van der Waals surface area contributed by atoms with Crippen LogP contribution in [0.4, 0.5) is 5.00 Å². The molecular weight excluding hydrogens is 550 g/mol. The minimum atomic E-state index is -0.680. The largest absolute Gasteiger partial charge is 0.483 e. The molecule has 0 aliphatic carbocycles. The second-order valence-corrected chi connectivity index (χ2v) is 12.5. The Bertz CT molecular complexity index is 1370. The van der Waals surface area contributed by atoms with Gasteiger partial charge in [-0.05, 0) is 63.3 Å². The number of carbonyl (C=O) groups excluding carboxylic acids is 3. The number of hydrogen-bond acceptors (Lipinski definition) is 9. The zero-order valence-electron chi connectivity index (χ0n) is 24.2. The fraction of sp³-hybridized carbons (Fsp3) is 0.464. The number of benzene rings is 1. The maximum absolute atomic E-state index is 12.9. The first kappa shape index (κ1) is 31.2. The lowest BCUT2D eigenvalue weighted by Gasteiger charge is -2.20. The number of carbonyl (C=O) groups is 3. The SMILES string of the molecule is CCn1c(SCC(=O)Nc2sc(C(N)=O)c(C)c2C(=O)OC(C)C)nnc1C(C)Oc1ccc(C(C)(C)C)cc1. The Morgan fingerprint density at radius 2 is 1.77 bits per heavy atom. The number of hydrogen-bond donors (Lipinski definition) is 2. The normalized spacial score (nSPS) is 12.3. The van der Waals surface area contributed by atoms with Gasteiger partial charge in [0.05, 0.1) is 22.3 Å². The van der Waals surface area contributed by atoms with Gasteiger partial charge in [-0.1, -0.05) is 44.7 Å². The highest BCUT2D eigenvalue weighted by atomic mass is 32.2. The monoisotopic (exact) mass is 587 g/mol. The van der Waals surface area contributed by atoms with Gasteiger partial charge in [-0.3, -0.25) is 9.59 Å². The molecule has 0 spiro atoms. The van der Waals surface area contributed by atoms with E-state index in [1.54, 1.807) is 20.8 Å². The summed E-state index contributed by atoms with van der Waals surface area (Å²) in [7, 11) is 0. The van der Waals surface area contributed by atoms with E-state index >= 15 is 0 Å². The summed E-state index contributed by atoms with van der Waals surface area (Å²) in [5.74, 6) is -0.311. The molecule has 3 rings (SSSR count). The van der Waals surface area contributed by atoms with E-state index in [9.17, 15) is 14.4 Å². The molecule has 1 unspecified atom stereocenters. The molecule has 0 saturated carbocycles. The van der Waals surface area contributed by atoms with Gasteiger partial charge in [0.25, 0.3) is 5.91 Å². The van der Waals surface area contributed by atoms with Crippen molar-refractivity contribution in [2.24, 2.45) is 5.73 Å². The van der Waals surface area contributed by atoms with Crippen molar-refractivity contribution < 1.29 is 23.9 Å². The van der Waals surface area contributed by atoms with Crippen LogP contribution in [0.5, 0.6) is 5.75 Å². The van der Waals surface area contributed by atoms with Crippen molar-refractivity contribution in [1.82, 2.24) is 14.8 Å². The van der Waals surface area contributed by atoms with Crippen molar-refractivity contribution >= 4 is 45.9 Å². The van der Waals surface area contributed by atoms with Gasteiger partial charge < -0.3 is 25.1 Å². The van der Waals surface area contributed by atoms with Gasteiger partial charge in [-0.2, -0.15) is 0 Å². The second kappa shape index (κ2) is 12.9. The fourth-order valence-corrected chi connectivity index (χ4v) is 5.82. The smallest absolute Gasteiger partial charge is 0.341 e. The minimum absolute atomic E-state index is 0.00313. The molecule has 216 valence electrons. The van der Waals surface area contributed by atoms with Crippen molar-refractivity contribution in [2.45, 2.75) is 84.7 Å². The summed E-state index contributed by atoms with van der Waals surface area (Å²) >= 11 is 2.16. The molecule has 12 heteroatoms. The summed E-state index contributed by atoms with van der Waals surface area (Å²) in [6.45, 7) is 16.0. The maximum Gasteiger partial charge on any atom is 0.341 e. The van der Waals surface area contributed by atoms with Crippen molar-refractivity contribution in [1.29, 1.82) is 0 Å². The average molecular weight is 588 g/mol. The molecule has 40 heavy (non-hydrogen) atoms. The summed E-state index contributed by atoms with van der Waals surface area (Å²) in [6, 6.07) is 8.01. The number of amides is 2. The van der Waals surface area contributed by atoms with Crippen LogP contribution in [0.1, 0.15) is 91.6 Å². The van der Waals surface area contributed by atoms with Gasteiger partial charge in [-0.25, -0.2) is 4.79 Å². The van der Waals surface area contributed by atoms with Gasteiger partial charge in [0.1, 0.15) is 10.8 Å². The molecule has 1 aromatic carbocycles. The number of nitrogens with two attached hydrogens (primary N) is 1. The third-order valence-electron chi connectivity index (χ3n) is 5.96. The Kier molecular flexibility index (Phi) is 10.0. The van der Waals surface area contributed by atoms with E-state index in [0.717, 1.165) is 17.1 Å². The van der Waals surface area contributed by atoms with E-state index < -0.39 is 11.9 Å². The maximum atomic E-state index is 12.9. The Morgan fingerprint density at radius 3 is 2.33 bits per heavy atom. The number of ether oxygens (including phenoxy) is 2. The number of nitrogens with zero attached hydrogens (tertiary/aromatic N) is 3. The Balaban J connectivity index is 1.70. The molecule has 3 aromatic rings. The zero-order valence-corrected chi connectivity index (χ0v) is 25.8. The first-order chi connectivity index (χ1) is 18.7. The molecule has 0 fully saturated rings. The van der Waals surface area contributed by atoms with Gasteiger partial charge in [0.15, 0.2) is 17.1 Å². The number of nitrogens with one attached hydrogen (secondary N) is 1. The summed E-state index contributed by atoms with van der Waals surface area (Å²) < 4.78 is 13.3. The van der Waals surface area contributed by atoms with E-state index in [1.807, 2.05) is 30.5 Å². The average Bonchev–Trinajstić information content (AvgIpc) is 3.42. The molecule has 2 amide bonds. The molecule has 0 saturated heterocycles. The highest BCUT2D eigenvalue weighted by Gasteiger charge is 2.27. The molecule has 0 radical (unpaired) electrons. The van der Waals surface area contributed by atoms with Gasteiger partial charge >= 0.3 is 5.97 Å². The zero-order chi connectivity index (χ0) is 29.8. The highest BCUT2D eigenvalue weighted by Crippen LogP contribution is 2.34. The number of esters is 1. The first-order valence-electron chi connectivity index (χ1n) is 13.0. The molecule has 2 aromatic heterocycles. The lowest BCUT2D eigenvalue weighted by atomic mass is 9.87. The third kappa shape index (κ3) is 7.42. The standard InChI is InChI=1S/C28H37N5O5S2/c1-9-33-24(17(5)38-19-12-10-18(11-13-19)28(6,7)8)31-32-27(33)39-14-20(34)30-25-21(26(36)37-15(2)3)16(4)22(40-25)23(29)35/h10-13,15,17H,9,14H2,1-8H3,(H2,29,35)(H,30,34). The molecule has 0 aliphatic heterocycles. The number of aromatic nitrogens is 3. The molecule has 0 aliphatic rings. The van der Waals surface area contributed by atoms with Crippen LogP contribution < -0.4 is 15.8 Å². The van der Waals surface area contributed by atoms with Gasteiger partial charge in [0, 0.05) is 6.54 Å². The van der Waals surface area contributed by atoms with Crippen LogP contribution in [0.15, 0.2) is 29.4 Å². The van der Waals surface area contributed by atoms with E-state index in [-0.39, 0.29) is 44.7 Å². The lowest BCUT2D eigenvalue weighted by Crippen LogP contribution is -2.18. The summed E-state index contributed by atoms with van der Waals surface area (Å²) in [5.41, 5.74) is 7.25. The van der Waals surface area contributed by atoms with Crippen LogP contribution in [0.2, 0.25) is 0 Å². The molecule has 3 N–H and O–H groups in total. The summed E-state index contributed by atoms with van der Waals surface area (Å²) in [6.07, 6.45) is -0.737. The quantitative estimate of drug-likeness (QED) is 0.222. The summed E-state index contributed by atoms with van der Waals surface area (Å²) in [4.78, 5) is 37.6. The highest BCUT2D eigenvalue weighted by molar-refractivity contribution is 7.99. The predicted molar refractivity (Wildman–Crippen MR) is 157 cm³/mol.